The minimum absolute atomic E-state index is 0.0774. The average Bonchev–Trinajstić information content (AvgIpc) is 2.40. The summed E-state index contributed by atoms with van der Waals surface area (Å²) in [5.41, 5.74) is 6.86. The number of benzene rings is 1. The van der Waals surface area contributed by atoms with Gasteiger partial charge in [-0.25, -0.2) is 4.79 Å². The van der Waals surface area contributed by atoms with Crippen molar-refractivity contribution in [3.05, 3.63) is 56.2 Å². The molecule has 0 radical (unpaired) electrons. The number of nitrogens with two attached hydrogens (primary N) is 1. The van der Waals surface area contributed by atoms with Crippen molar-refractivity contribution in [3.8, 4) is 0 Å². The second kappa shape index (κ2) is 6.43. The van der Waals surface area contributed by atoms with Gasteiger partial charge in [0, 0.05) is 28.1 Å². The molecule has 2 aromatic rings. The monoisotopic (exact) mass is 374 g/mol. The fraction of sp³-hybridized carbons (Fsp3) is 0.0769. The van der Waals surface area contributed by atoms with Gasteiger partial charge in [0.05, 0.1) is 15.6 Å². The number of nitrogen functional groups attached to an aromatic ring is 1. The second-order valence-corrected chi connectivity index (χ2v) is 5.65. The summed E-state index contributed by atoms with van der Waals surface area (Å²) in [5.74, 6) is -0.593. The largest absolute Gasteiger partial charge is 0.457 e. The number of hydrogen-bond acceptors (Lipinski definition) is 4. The molecule has 0 aliphatic rings. The molecule has 2 N–H and O–H groups in total. The Morgan fingerprint density at radius 1 is 1.30 bits per heavy atom. The Kier molecular flexibility index (Phi) is 4.86. The number of esters is 1. The number of nitrogens with zero attached hydrogens (tertiary/aromatic N) is 1. The van der Waals surface area contributed by atoms with Gasteiger partial charge < -0.3 is 10.5 Å². The number of pyridine rings is 1. The van der Waals surface area contributed by atoms with E-state index in [1.54, 1.807) is 18.5 Å². The molecule has 0 spiro atoms. The van der Waals surface area contributed by atoms with Crippen LogP contribution in [0.2, 0.25) is 10.0 Å². The molecule has 20 heavy (non-hydrogen) atoms. The predicted octanol–water partition coefficient (Wildman–Crippen LogP) is 4.09. The van der Waals surface area contributed by atoms with Crippen LogP contribution in [0, 0.1) is 0 Å². The minimum atomic E-state index is -0.593. The number of ether oxygens (including phenoxy) is 1. The standard InChI is InChI=1S/C13H9BrCl2N2O2/c14-8-1-7(4-18-5-8)6-20-13(19)10-2-9(17)3-11(15)12(10)16/h1-5H,6,17H2. The maximum Gasteiger partial charge on any atom is 0.340 e. The highest BCUT2D eigenvalue weighted by Gasteiger charge is 2.15. The molecule has 0 bridgehead atoms. The quantitative estimate of drug-likeness (QED) is 0.648. The highest BCUT2D eigenvalue weighted by atomic mass is 79.9. The van der Waals surface area contributed by atoms with Crippen molar-refractivity contribution in [1.82, 2.24) is 4.98 Å². The van der Waals surface area contributed by atoms with Crippen molar-refractivity contribution < 1.29 is 9.53 Å². The molecule has 0 aliphatic carbocycles. The SMILES string of the molecule is Nc1cc(Cl)c(Cl)c(C(=O)OCc2cncc(Br)c2)c1. The van der Waals surface area contributed by atoms with Gasteiger partial charge in [-0.1, -0.05) is 23.2 Å². The van der Waals surface area contributed by atoms with Crippen molar-refractivity contribution >= 4 is 50.8 Å². The van der Waals surface area contributed by atoms with Crippen LogP contribution >= 0.6 is 39.1 Å². The first-order chi connectivity index (χ1) is 9.47. The highest BCUT2D eigenvalue weighted by molar-refractivity contribution is 9.10. The third kappa shape index (κ3) is 3.62. The maximum absolute atomic E-state index is 12.0. The Morgan fingerprint density at radius 2 is 2.05 bits per heavy atom. The molecule has 0 saturated carbocycles. The first kappa shape index (κ1) is 15.1. The van der Waals surface area contributed by atoms with Crippen LogP contribution in [0.15, 0.2) is 35.1 Å². The average molecular weight is 376 g/mol. The zero-order chi connectivity index (χ0) is 14.7. The molecule has 0 aliphatic heterocycles. The van der Waals surface area contributed by atoms with Crippen LogP contribution in [-0.4, -0.2) is 11.0 Å². The molecule has 7 heteroatoms. The molecule has 1 heterocycles. The van der Waals surface area contributed by atoms with Crippen molar-refractivity contribution in [3.63, 3.8) is 0 Å². The van der Waals surface area contributed by atoms with E-state index in [1.807, 2.05) is 0 Å². The van der Waals surface area contributed by atoms with Gasteiger partial charge >= 0.3 is 5.97 Å². The molecule has 1 aromatic heterocycles. The maximum atomic E-state index is 12.0. The molecular formula is C13H9BrCl2N2O2. The number of anilines is 1. The van der Waals surface area contributed by atoms with Gasteiger partial charge in [-0.05, 0) is 34.1 Å². The third-order valence-electron chi connectivity index (χ3n) is 2.40. The van der Waals surface area contributed by atoms with Crippen molar-refractivity contribution in [2.45, 2.75) is 6.61 Å². The number of carbonyl (C=O) groups is 1. The first-order valence-corrected chi connectivity index (χ1v) is 7.03. The van der Waals surface area contributed by atoms with E-state index in [-0.39, 0.29) is 22.2 Å². The zero-order valence-corrected chi connectivity index (χ0v) is 13.2. The Morgan fingerprint density at radius 3 is 2.75 bits per heavy atom. The molecule has 104 valence electrons. The molecule has 0 amide bonds. The minimum Gasteiger partial charge on any atom is -0.457 e. The van der Waals surface area contributed by atoms with Crippen LogP contribution in [0.3, 0.4) is 0 Å². The molecule has 0 unspecified atom stereocenters. The summed E-state index contributed by atoms with van der Waals surface area (Å²) in [7, 11) is 0. The Hall–Kier alpha value is -1.30. The van der Waals surface area contributed by atoms with Crippen LogP contribution in [0.1, 0.15) is 15.9 Å². The van der Waals surface area contributed by atoms with Gasteiger partial charge in [-0.15, -0.1) is 0 Å². The Balaban J connectivity index is 2.13. The van der Waals surface area contributed by atoms with Crippen molar-refractivity contribution in [2.24, 2.45) is 0 Å². The van der Waals surface area contributed by atoms with E-state index >= 15 is 0 Å². The Bertz CT molecular complexity index is 665. The lowest BCUT2D eigenvalue weighted by molar-refractivity contribution is 0.0472. The lowest BCUT2D eigenvalue weighted by Crippen LogP contribution is -2.07. The van der Waals surface area contributed by atoms with E-state index in [1.165, 1.54) is 12.1 Å². The normalized spacial score (nSPS) is 10.3. The second-order valence-electron chi connectivity index (χ2n) is 3.95. The summed E-state index contributed by atoms with van der Waals surface area (Å²) in [6, 6.07) is 4.70. The number of aromatic nitrogens is 1. The van der Waals surface area contributed by atoms with Crippen LogP contribution < -0.4 is 5.73 Å². The molecule has 0 saturated heterocycles. The smallest absolute Gasteiger partial charge is 0.340 e. The van der Waals surface area contributed by atoms with Gasteiger partial charge in [0.25, 0.3) is 0 Å². The van der Waals surface area contributed by atoms with Crippen molar-refractivity contribution in [1.29, 1.82) is 0 Å². The predicted molar refractivity (Wildman–Crippen MR) is 81.9 cm³/mol. The summed E-state index contributed by atoms with van der Waals surface area (Å²) < 4.78 is 5.96. The number of halogens is 3. The van der Waals surface area contributed by atoms with E-state index in [0.29, 0.717) is 5.69 Å². The van der Waals surface area contributed by atoms with Gasteiger partial charge in [-0.2, -0.15) is 0 Å². The fourth-order valence-electron chi connectivity index (χ4n) is 1.52. The lowest BCUT2D eigenvalue weighted by atomic mass is 10.2. The van der Waals surface area contributed by atoms with Gasteiger partial charge in [0.1, 0.15) is 6.61 Å². The third-order valence-corrected chi connectivity index (χ3v) is 3.64. The summed E-state index contributed by atoms with van der Waals surface area (Å²) in [5, 5.41) is 0.334. The molecule has 4 nitrogen and oxygen atoms in total. The molecule has 2 rings (SSSR count). The lowest BCUT2D eigenvalue weighted by Gasteiger charge is -2.08. The topological polar surface area (TPSA) is 65.2 Å². The van der Waals surface area contributed by atoms with E-state index in [9.17, 15) is 4.79 Å². The molecule has 0 fully saturated rings. The molecular weight excluding hydrogens is 367 g/mol. The van der Waals surface area contributed by atoms with E-state index in [0.717, 1.165) is 10.0 Å². The first-order valence-electron chi connectivity index (χ1n) is 5.48. The van der Waals surface area contributed by atoms with Crippen LogP contribution in [0.25, 0.3) is 0 Å². The summed E-state index contributed by atoms with van der Waals surface area (Å²) >= 11 is 15.1. The van der Waals surface area contributed by atoms with Gasteiger partial charge in [-0.3, -0.25) is 4.98 Å². The van der Waals surface area contributed by atoms with Crippen LogP contribution in [0.5, 0.6) is 0 Å². The highest BCUT2D eigenvalue weighted by Crippen LogP contribution is 2.29. The number of hydrogen-bond donors (Lipinski definition) is 1. The van der Waals surface area contributed by atoms with E-state index in [4.69, 9.17) is 33.7 Å². The fourth-order valence-corrected chi connectivity index (χ4v) is 2.35. The van der Waals surface area contributed by atoms with Crippen molar-refractivity contribution in [2.75, 3.05) is 5.73 Å². The van der Waals surface area contributed by atoms with E-state index < -0.39 is 5.97 Å². The van der Waals surface area contributed by atoms with Crippen LogP contribution in [0.4, 0.5) is 5.69 Å². The molecule has 1 aromatic carbocycles. The van der Waals surface area contributed by atoms with Gasteiger partial charge in [0.2, 0.25) is 0 Å². The summed E-state index contributed by atoms with van der Waals surface area (Å²) in [6.07, 6.45) is 3.24. The summed E-state index contributed by atoms with van der Waals surface area (Å²) in [6.45, 7) is 0.0774. The molecule has 0 atom stereocenters. The zero-order valence-electron chi connectivity index (χ0n) is 10.1. The number of carbonyl (C=O) groups excluding carboxylic acids is 1. The Labute approximate surface area is 134 Å². The van der Waals surface area contributed by atoms with Crippen LogP contribution in [-0.2, 0) is 11.3 Å². The summed E-state index contributed by atoms with van der Waals surface area (Å²) in [4.78, 5) is 16.0. The van der Waals surface area contributed by atoms with E-state index in [2.05, 4.69) is 20.9 Å². The number of rotatable bonds is 3. The van der Waals surface area contributed by atoms with Gasteiger partial charge in [0.15, 0.2) is 0 Å².